The number of hydrogen-bond donors (Lipinski definition) is 0. The van der Waals surface area contributed by atoms with Crippen LogP contribution < -0.4 is 29.6 Å². The van der Waals surface area contributed by atoms with Gasteiger partial charge in [0.15, 0.2) is 0 Å². The Morgan fingerprint density at radius 1 is 0.682 bits per heavy atom. The van der Waals surface area contributed by atoms with Crippen molar-refractivity contribution in [3.8, 4) is 0 Å². The van der Waals surface area contributed by atoms with E-state index in [0.717, 1.165) is 12.8 Å². The molecule has 0 aliphatic heterocycles. The van der Waals surface area contributed by atoms with E-state index in [2.05, 4.69) is 11.1 Å². The third kappa shape index (κ3) is 23.1. The predicted octanol–water partition coefficient (Wildman–Crippen LogP) is 1.95. The third-order valence-electron chi connectivity index (χ3n) is 3.73. The number of hydrogen-bond acceptors (Lipinski definition) is 4. The first kappa shape index (κ1) is 25.1. The maximum Gasteiger partial charge on any atom is 1.00 e. The summed E-state index contributed by atoms with van der Waals surface area (Å²) in [5.74, 6) is 0. The molecule has 0 spiro atoms. The Bertz CT molecular complexity index is 307. The molecule has 0 N–H and O–H groups in total. The fourth-order valence-corrected chi connectivity index (χ4v) is 2.78. The first-order chi connectivity index (χ1) is 10.1. The van der Waals surface area contributed by atoms with Crippen LogP contribution in [0.3, 0.4) is 0 Å². The first-order valence-electron chi connectivity index (χ1n) is 8.66. The van der Waals surface area contributed by atoms with Crippen molar-refractivity contribution in [2.45, 2.75) is 96.8 Å². The average Bonchev–Trinajstić information content (AvgIpc) is 2.42. The van der Waals surface area contributed by atoms with Crippen LogP contribution in [0.15, 0.2) is 0 Å². The fraction of sp³-hybridized carbons (Fsp3) is 1.00. The smallest absolute Gasteiger partial charge is 0.726 e. The van der Waals surface area contributed by atoms with Crippen molar-refractivity contribution in [2.24, 2.45) is 0 Å². The van der Waals surface area contributed by atoms with Gasteiger partial charge in [0.25, 0.3) is 0 Å². The Morgan fingerprint density at radius 3 is 1.32 bits per heavy atom. The van der Waals surface area contributed by atoms with E-state index in [1.165, 1.54) is 70.6 Å². The van der Waals surface area contributed by atoms with E-state index in [0.29, 0.717) is 6.42 Å². The van der Waals surface area contributed by atoms with Gasteiger partial charge in [-0.05, 0) is 6.42 Å². The molecule has 128 valence electrons. The van der Waals surface area contributed by atoms with Crippen molar-refractivity contribution < 1.29 is 46.7 Å². The molecule has 0 aromatic carbocycles. The molecule has 0 fully saturated rings. The normalized spacial score (nSPS) is 11.4. The Balaban J connectivity index is 0. The third-order valence-corrected chi connectivity index (χ3v) is 4.18. The molecule has 0 saturated heterocycles. The van der Waals surface area contributed by atoms with Gasteiger partial charge in [0.05, 0.1) is 6.61 Å². The Hall–Kier alpha value is 0.870. The van der Waals surface area contributed by atoms with Crippen molar-refractivity contribution >= 4 is 10.4 Å². The molecule has 0 unspecified atom stereocenters. The number of unbranched alkanes of at least 4 members (excludes halogenated alkanes) is 13. The minimum absolute atomic E-state index is 0. The second-order valence-electron chi connectivity index (χ2n) is 5.83. The minimum atomic E-state index is -4.49. The van der Waals surface area contributed by atoms with Crippen LogP contribution in [0.4, 0.5) is 0 Å². The van der Waals surface area contributed by atoms with Crippen LogP contribution in [0, 0.1) is 0 Å². The summed E-state index contributed by atoms with van der Waals surface area (Å²) in [6, 6.07) is 0. The Kier molecular flexibility index (Phi) is 20.8. The molecular weight excluding hydrogens is 311 g/mol. The van der Waals surface area contributed by atoms with Gasteiger partial charge in [-0.25, -0.2) is 8.42 Å². The van der Waals surface area contributed by atoms with Crippen LogP contribution in [-0.4, -0.2) is 19.6 Å². The SMILES string of the molecule is CCCCCCCCCCCCCCCCOS(=O)(=O)[O-].[Na+]. The average molecular weight is 344 g/mol. The molecule has 0 aliphatic rings. The van der Waals surface area contributed by atoms with Gasteiger partial charge >= 0.3 is 29.6 Å². The maximum absolute atomic E-state index is 10.2. The van der Waals surface area contributed by atoms with Crippen molar-refractivity contribution in [3.63, 3.8) is 0 Å². The minimum Gasteiger partial charge on any atom is -0.726 e. The second kappa shape index (κ2) is 18.2. The first-order valence-corrected chi connectivity index (χ1v) is 10.00. The van der Waals surface area contributed by atoms with Gasteiger partial charge in [0, 0.05) is 0 Å². The van der Waals surface area contributed by atoms with Gasteiger partial charge in [0.2, 0.25) is 10.4 Å². The summed E-state index contributed by atoms with van der Waals surface area (Å²) in [5.41, 5.74) is 0. The van der Waals surface area contributed by atoms with E-state index in [4.69, 9.17) is 0 Å². The van der Waals surface area contributed by atoms with Crippen LogP contribution in [-0.2, 0) is 14.6 Å². The Labute approximate surface area is 160 Å². The van der Waals surface area contributed by atoms with Crippen molar-refractivity contribution in [3.05, 3.63) is 0 Å². The van der Waals surface area contributed by atoms with Gasteiger partial charge in [-0.3, -0.25) is 4.18 Å². The number of rotatable bonds is 16. The maximum atomic E-state index is 10.2. The molecule has 0 heterocycles. The summed E-state index contributed by atoms with van der Waals surface area (Å²) in [6.07, 6.45) is 17.4. The summed E-state index contributed by atoms with van der Waals surface area (Å²) in [7, 11) is -4.49. The molecule has 0 radical (unpaired) electrons. The molecule has 0 atom stereocenters. The van der Waals surface area contributed by atoms with E-state index in [1.54, 1.807) is 0 Å². The zero-order chi connectivity index (χ0) is 15.8. The van der Waals surface area contributed by atoms with E-state index in [-0.39, 0.29) is 36.2 Å². The van der Waals surface area contributed by atoms with Gasteiger partial charge in [-0.2, -0.15) is 0 Å². The molecule has 0 saturated carbocycles. The summed E-state index contributed by atoms with van der Waals surface area (Å²) in [5, 5.41) is 0. The fourth-order valence-electron chi connectivity index (χ4n) is 2.46. The standard InChI is InChI=1S/C16H34O4S.Na/c1-2-3-4-5-6-7-8-9-10-11-12-13-14-15-16-20-21(17,18)19;/h2-16H2,1H3,(H,17,18,19);/q;+1/p-1. The van der Waals surface area contributed by atoms with Crippen molar-refractivity contribution in [2.75, 3.05) is 6.61 Å². The molecular formula is C16H33NaO4S. The quantitative estimate of drug-likeness (QED) is 0.186. The molecule has 22 heavy (non-hydrogen) atoms. The van der Waals surface area contributed by atoms with E-state index in [1.807, 2.05) is 0 Å². The zero-order valence-electron chi connectivity index (χ0n) is 14.6. The molecule has 0 aromatic rings. The van der Waals surface area contributed by atoms with Crippen LogP contribution in [0.1, 0.15) is 96.8 Å². The van der Waals surface area contributed by atoms with E-state index < -0.39 is 10.4 Å². The van der Waals surface area contributed by atoms with Crippen molar-refractivity contribution in [1.29, 1.82) is 0 Å². The second-order valence-corrected chi connectivity index (χ2v) is 6.88. The topological polar surface area (TPSA) is 66.4 Å². The zero-order valence-corrected chi connectivity index (χ0v) is 17.5. The molecule has 4 nitrogen and oxygen atoms in total. The van der Waals surface area contributed by atoms with Gasteiger partial charge in [0.1, 0.15) is 0 Å². The predicted molar refractivity (Wildman–Crippen MR) is 86.0 cm³/mol. The van der Waals surface area contributed by atoms with Crippen LogP contribution in [0.2, 0.25) is 0 Å². The Morgan fingerprint density at radius 2 is 1.00 bits per heavy atom. The summed E-state index contributed by atoms with van der Waals surface area (Å²) >= 11 is 0. The van der Waals surface area contributed by atoms with Crippen LogP contribution >= 0.6 is 0 Å². The summed E-state index contributed by atoms with van der Waals surface area (Å²) in [6.45, 7) is 2.28. The van der Waals surface area contributed by atoms with E-state index >= 15 is 0 Å². The molecule has 0 aromatic heterocycles. The molecule has 0 amide bonds. The summed E-state index contributed by atoms with van der Waals surface area (Å²) in [4.78, 5) is 0. The van der Waals surface area contributed by atoms with Gasteiger partial charge in [-0.15, -0.1) is 0 Å². The monoisotopic (exact) mass is 344 g/mol. The molecule has 0 rings (SSSR count). The largest absolute Gasteiger partial charge is 1.00 e. The molecule has 0 aliphatic carbocycles. The molecule has 6 heteroatoms. The van der Waals surface area contributed by atoms with E-state index in [9.17, 15) is 13.0 Å². The van der Waals surface area contributed by atoms with Crippen LogP contribution in [0.25, 0.3) is 0 Å². The van der Waals surface area contributed by atoms with Gasteiger partial charge in [-0.1, -0.05) is 90.4 Å². The molecule has 0 bridgehead atoms. The van der Waals surface area contributed by atoms with Crippen LogP contribution in [0.5, 0.6) is 0 Å². The van der Waals surface area contributed by atoms with Gasteiger partial charge < -0.3 is 4.55 Å². The summed E-state index contributed by atoms with van der Waals surface area (Å²) < 4.78 is 34.7. The van der Waals surface area contributed by atoms with Crippen molar-refractivity contribution in [1.82, 2.24) is 0 Å².